The number of fused-ring (bicyclic) bond motifs is 11. The molecule has 11 aromatic rings. The van der Waals surface area contributed by atoms with Gasteiger partial charge in [-0.15, -0.1) is 11.3 Å². The van der Waals surface area contributed by atoms with Crippen molar-refractivity contribution in [2.45, 2.75) is 19.3 Å². The molecule has 1 aliphatic carbocycles. The molecule has 0 saturated heterocycles. The van der Waals surface area contributed by atoms with E-state index in [1.165, 1.54) is 64.3 Å². The van der Waals surface area contributed by atoms with Gasteiger partial charge < -0.3 is 9.32 Å². The Kier molecular flexibility index (Phi) is 7.18. The van der Waals surface area contributed by atoms with Crippen LogP contribution in [-0.2, 0) is 5.41 Å². The quantitative estimate of drug-likeness (QED) is 0.174. The fourth-order valence-electron chi connectivity index (χ4n) is 9.83. The molecule has 0 N–H and O–H groups in total. The van der Waals surface area contributed by atoms with Gasteiger partial charge in [0.2, 0.25) is 0 Å². The molecular formula is C55H37NOS. The van der Waals surface area contributed by atoms with Crippen molar-refractivity contribution in [2.75, 3.05) is 4.90 Å². The Morgan fingerprint density at radius 2 is 1.05 bits per heavy atom. The van der Waals surface area contributed by atoms with Gasteiger partial charge in [0, 0.05) is 48.5 Å². The van der Waals surface area contributed by atoms with Crippen molar-refractivity contribution in [3.8, 4) is 33.4 Å². The highest BCUT2D eigenvalue weighted by atomic mass is 32.1. The summed E-state index contributed by atoms with van der Waals surface area (Å²) in [5.74, 6) is 0. The van der Waals surface area contributed by atoms with Crippen LogP contribution in [0.15, 0.2) is 192 Å². The van der Waals surface area contributed by atoms with Crippen LogP contribution in [0.5, 0.6) is 0 Å². The van der Waals surface area contributed by atoms with Crippen molar-refractivity contribution in [1.82, 2.24) is 0 Å². The highest BCUT2D eigenvalue weighted by Gasteiger charge is 2.37. The third kappa shape index (κ3) is 4.77. The van der Waals surface area contributed by atoms with Gasteiger partial charge in [-0.05, 0) is 74.5 Å². The van der Waals surface area contributed by atoms with Crippen LogP contribution >= 0.6 is 11.3 Å². The molecule has 3 heteroatoms. The van der Waals surface area contributed by atoms with Gasteiger partial charge in [-0.25, -0.2) is 0 Å². The number of hydrogen-bond donors (Lipinski definition) is 0. The highest BCUT2D eigenvalue weighted by Crippen LogP contribution is 2.53. The molecule has 58 heavy (non-hydrogen) atoms. The van der Waals surface area contributed by atoms with Crippen LogP contribution in [0.1, 0.15) is 25.0 Å². The lowest BCUT2D eigenvalue weighted by Crippen LogP contribution is -2.16. The fraction of sp³-hybridized carbons (Fsp3) is 0.0545. The average molecular weight is 760 g/mol. The number of rotatable bonds is 5. The zero-order valence-electron chi connectivity index (χ0n) is 32.2. The largest absolute Gasteiger partial charge is 0.455 e. The van der Waals surface area contributed by atoms with E-state index in [0.717, 1.165) is 50.1 Å². The van der Waals surface area contributed by atoms with E-state index >= 15 is 0 Å². The summed E-state index contributed by atoms with van der Waals surface area (Å²) in [6.07, 6.45) is 0. The molecule has 0 bridgehead atoms. The van der Waals surface area contributed by atoms with Crippen LogP contribution in [0.2, 0.25) is 0 Å². The van der Waals surface area contributed by atoms with Gasteiger partial charge in [0.05, 0.1) is 16.1 Å². The summed E-state index contributed by atoms with van der Waals surface area (Å²) in [4.78, 5) is 2.47. The SMILES string of the molecule is CC1(C)c2ccccc2-c2cccc(-c3ccc(N(c4ccccc4-c4cccc5c4oc4ccccc45)c4cccc5c4sc4c6ccccc6ccc54)cc3)c21. The summed E-state index contributed by atoms with van der Waals surface area (Å²) in [6.45, 7) is 4.73. The molecule has 2 heterocycles. The molecule has 1 aliphatic rings. The zero-order chi connectivity index (χ0) is 38.5. The lowest BCUT2D eigenvalue weighted by atomic mass is 9.79. The van der Waals surface area contributed by atoms with E-state index in [1.807, 2.05) is 17.4 Å². The normalized spacial score (nSPS) is 13.1. The maximum Gasteiger partial charge on any atom is 0.143 e. The summed E-state index contributed by atoms with van der Waals surface area (Å²) in [7, 11) is 0. The summed E-state index contributed by atoms with van der Waals surface area (Å²) >= 11 is 1.89. The standard InChI is InChI=1S/C55H37NOS/c1-55(2)47-24-8-5-16-39(47)42-20-11-19-37(51(42)55)35-28-31-36(32-29-35)56(49-26-13-23-45-46-33-30-34-14-3-4-15-38(34)53(46)58-54(45)49)48-25-9-6-17-40(48)43-21-12-22-44-41-18-7-10-27-50(41)57-52(43)44/h3-33H,1-2H3. The van der Waals surface area contributed by atoms with Gasteiger partial charge in [-0.3, -0.25) is 0 Å². The second-order valence-electron chi connectivity index (χ2n) is 16.0. The Balaban J connectivity index is 1.09. The lowest BCUT2D eigenvalue weighted by Gasteiger charge is -2.29. The van der Waals surface area contributed by atoms with Crippen LogP contribution in [0.25, 0.3) is 86.3 Å². The van der Waals surface area contributed by atoms with E-state index in [9.17, 15) is 0 Å². The van der Waals surface area contributed by atoms with Crippen LogP contribution in [0.4, 0.5) is 17.1 Å². The molecule has 0 atom stereocenters. The third-order valence-electron chi connectivity index (χ3n) is 12.5. The van der Waals surface area contributed by atoms with Crippen LogP contribution in [0.3, 0.4) is 0 Å². The molecular weight excluding hydrogens is 723 g/mol. The minimum Gasteiger partial charge on any atom is -0.455 e. The Morgan fingerprint density at radius 1 is 0.431 bits per heavy atom. The predicted molar refractivity (Wildman–Crippen MR) is 247 cm³/mol. The minimum atomic E-state index is -0.106. The summed E-state index contributed by atoms with van der Waals surface area (Å²) < 4.78 is 9.24. The average Bonchev–Trinajstić information content (AvgIpc) is 3.93. The number of para-hydroxylation sites is 3. The molecule has 2 aromatic heterocycles. The second kappa shape index (κ2) is 12.5. The van der Waals surface area contributed by atoms with E-state index in [2.05, 4.69) is 201 Å². The van der Waals surface area contributed by atoms with Crippen molar-refractivity contribution in [1.29, 1.82) is 0 Å². The maximum atomic E-state index is 6.66. The first-order valence-electron chi connectivity index (χ1n) is 20.0. The van der Waals surface area contributed by atoms with E-state index in [4.69, 9.17) is 4.42 Å². The van der Waals surface area contributed by atoms with E-state index in [1.54, 1.807) is 0 Å². The van der Waals surface area contributed by atoms with E-state index in [-0.39, 0.29) is 5.41 Å². The predicted octanol–water partition coefficient (Wildman–Crippen LogP) is 16.2. The van der Waals surface area contributed by atoms with Crippen LogP contribution < -0.4 is 4.90 Å². The molecule has 0 spiro atoms. The van der Waals surface area contributed by atoms with Crippen LogP contribution in [-0.4, -0.2) is 0 Å². The highest BCUT2D eigenvalue weighted by molar-refractivity contribution is 7.27. The first kappa shape index (κ1) is 33.2. The summed E-state index contributed by atoms with van der Waals surface area (Å²) in [5, 5.41) is 7.36. The maximum absolute atomic E-state index is 6.66. The molecule has 12 rings (SSSR count). The van der Waals surface area contributed by atoms with Crippen LogP contribution in [0, 0.1) is 0 Å². The van der Waals surface area contributed by atoms with Gasteiger partial charge in [0.25, 0.3) is 0 Å². The fourth-order valence-corrected chi connectivity index (χ4v) is 11.2. The van der Waals surface area contributed by atoms with Gasteiger partial charge >= 0.3 is 0 Å². The van der Waals surface area contributed by atoms with Gasteiger partial charge in [-0.2, -0.15) is 0 Å². The van der Waals surface area contributed by atoms with Crippen molar-refractivity contribution in [3.05, 3.63) is 199 Å². The minimum absolute atomic E-state index is 0.106. The molecule has 0 saturated carbocycles. The van der Waals surface area contributed by atoms with Gasteiger partial charge in [0.15, 0.2) is 0 Å². The van der Waals surface area contributed by atoms with Crippen molar-refractivity contribution < 1.29 is 4.42 Å². The van der Waals surface area contributed by atoms with Crippen molar-refractivity contribution >= 4 is 81.3 Å². The number of furan rings is 1. The smallest absolute Gasteiger partial charge is 0.143 e. The van der Waals surface area contributed by atoms with Crippen molar-refractivity contribution in [2.24, 2.45) is 0 Å². The number of anilines is 3. The zero-order valence-corrected chi connectivity index (χ0v) is 33.0. The first-order valence-corrected chi connectivity index (χ1v) is 20.8. The topological polar surface area (TPSA) is 16.4 Å². The second-order valence-corrected chi connectivity index (χ2v) is 17.0. The van der Waals surface area contributed by atoms with E-state index < -0.39 is 0 Å². The Labute approximate surface area is 340 Å². The number of thiophene rings is 1. The van der Waals surface area contributed by atoms with Gasteiger partial charge in [0.1, 0.15) is 11.2 Å². The number of hydrogen-bond acceptors (Lipinski definition) is 3. The molecule has 0 aliphatic heterocycles. The Morgan fingerprint density at radius 3 is 1.95 bits per heavy atom. The first-order chi connectivity index (χ1) is 28.5. The Bertz CT molecular complexity index is 3440. The third-order valence-corrected chi connectivity index (χ3v) is 13.7. The molecule has 274 valence electrons. The summed E-state index contributed by atoms with van der Waals surface area (Å²) in [6, 6.07) is 68.7. The van der Waals surface area contributed by atoms with Gasteiger partial charge in [-0.1, -0.05) is 172 Å². The van der Waals surface area contributed by atoms with Crippen molar-refractivity contribution in [3.63, 3.8) is 0 Å². The molecule has 0 amide bonds. The Hall–Kier alpha value is -6.94. The monoisotopic (exact) mass is 759 g/mol. The number of nitrogens with zero attached hydrogens (tertiary/aromatic N) is 1. The molecule has 0 radical (unpaired) electrons. The lowest BCUT2D eigenvalue weighted by molar-refractivity contribution is 0.662. The summed E-state index contributed by atoms with van der Waals surface area (Å²) in [5.41, 5.74) is 15.2. The molecule has 2 nitrogen and oxygen atoms in total. The molecule has 9 aromatic carbocycles. The van der Waals surface area contributed by atoms with E-state index in [0.29, 0.717) is 0 Å². The molecule has 0 fully saturated rings. The molecule has 0 unspecified atom stereocenters. The number of benzene rings is 9.